The minimum Gasteiger partial charge on any atom is -0.545 e. The number of carbonyl (C=O) groups excluding carboxylic acids is 1. The predicted octanol–water partition coefficient (Wildman–Crippen LogP) is 1.72. The van der Waals surface area contributed by atoms with E-state index in [0.29, 0.717) is 5.56 Å². The molecule has 0 unspecified atom stereocenters. The van der Waals surface area contributed by atoms with Crippen LogP contribution in [0.25, 0.3) is 0 Å². The quantitative estimate of drug-likeness (QED) is 0.684. The summed E-state index contributed by atoms with van der Waals surface area (Å²) in [7, 11) is -4.13. The van der Waals surface area contributed by atoms with E-state index in [2.05, 4.69) is 0 Å². The molecule has 0 radical (unpaired) electrons. The summed E-state index contributed by atoms with van der Waals surface area (Å²) in [6, 6.07) is 14.1. The van der Waals surface area contributed by atoms with Crippen LogP contribution in [-0.4, -0.2) is 18.9 Å². The molecule has 0 saturated heterocycles. The number of rotatable bonds is 3. The molecule has 0 amide bonds. The van der Waals surface area contributed by atoms with Crippen molar-refractivity contribution in [2.45, 2.75) is 10.8 Å². The lowest BCUT2D eigenvalue weighted by Crippen LogP contribution is -2.21. The molecule has 0 saturated carbocycles. The molecule has 0 bridgehead atoms. The largest absolute Gasteiger partial charge is 0.545 e. The van der Waals surface area contributed by atoms with Crippen molar-refractivity contribution < 1.29 is 22.9 Å². The van der Waals surface area contributed by atoms with Gasteiger partial charge in [-0.05, 0) is 17.2 Å². The van der Waals surface area contributed by atoms with Crippen LogP contribution in [0, 0.1) is 0 Å². The molecule has 0 atom stereocenters. The maximum Gasteiger partial charge on any atom is 0.294 e. The average molecular weight is 328 g/mol. The van der Waals surface area contributed by atoms with Crippen LogP contribution in [0.1, 0.15) is 15.9 Å². The third kappa shape index (κ3) is 5.55. The van der Waals surface area contributed by atoms with Crippen LogP contribution < -0.4 is 5.11 Å². The predicted molar refractivity (Wildman–Crippen MR) is 76.6 cm³/mol. The monoisotopic (exact) mass is 327 g/mol. The number of hydrogen-bond donors (Lipinski definition) is 1. The molecule has 21 heavy (non-hydrogen) atoms. The molecular formula is C14H12ClO5S-. The molecule has 0 aliphatic heterocycles. The Hall–Kier alpha value is -1.89. The van der Waals surface area contributed by atoms with Gasteiger partial charge in [0, 0.05) is 5.88 Å². The fraction of sp³-hybridized carbons (Fsp3) is 0.0714. The summed E-state index contributed by atoms with van der Waals surface area (Å²) < 4.78 is 30.1. The maximum absolute atomic E-state index is 10.7. The number of aromatic carboxylic acids is 1. The summed E-state index contributed by atoms with van der Waals surface area (Å²) in [5.41, 5.74) is 0.624. The molecule has 0 aliphatic rings. The van der Waals surface area contributed by atoms with Crippen molar-refractivity contribution in [1.82, 2.24) is 0 Å². The van der Waals surface area contributed by atoms with Gasteiger partial charge in [-0.25, -0.2) is 0 Å². The number of halogens is 1. The van der Waals surface area contributed by atoms with Gasteiger partial charge in [0.2, 0.25) is 0 Å². The zero-order chi connectivity index (χ0) is 15.9. The average Bonchev–Trinajstić information content (AvgIpc) is 2.48. The van der Waals surface area contributed by atoms with Crippen molar-refractivity contribution >= 4 is 27.7 Å². The van der Waals surface area contributed by atoms with Gasteiger partial charge in [0.15, 0.2) is 0 Å². The molecule has 2 aromatic carbocycles. The zero-order valence-corrected chi connectivity index (χ0v) is 12.3. The van der Waals surface area contributed by atoms with E-state index in [9.17, 15) is 18.3 Å². The minimum atomic E-state index is -4.13. The zero-order valence-electron chi connectivity index (χ0n) is 10.8. The number of carboxylic acids is 1. The minimum absolute atomic E-state index is 0.0654. The summed E-state index contributed by atoms with van der Waals surface area (Å²) >= 11 is 5.46. The summed E-state index contributed by atoms with van der Waals surface area (Å²) in [6.07, 6.45) is 0. The fourth-order valence-corrected chi connectivity index (χ4v) is 2.47. The third-order valence-electron chi connectivity index (χ3n) is 2.40. The van der Waals surface area contributed by atoms with Crippen LogP contribution in [-0.2, 0) is 16.0 Å². The van der Waals surface area contributed by atoms with Gasteiger partial charge in [0.1, 0.15) is 0 Å². The number of hydrogen-bond acceptors (Lipinski definition) is 4. The lowest BCUT2D eigenvalue weighted by molar-refractivity contribution is -0.255. The van der Waals surface area contributed by atoms with Crippen LogP contribution in [0.4, 0.5) is 0 Å². The Labute approximate surface area is 127 Å². The Kier molecular flexibility index (Phi) is 6.36. The lowest BCUT2D eigenvalue weighted by Gasteiger charge is -2.01. The smallest absolute Gasteiger partial charge is 0.294 e. The van der Waals surface area contributed by atoms with E-state index in [1.807, 2.05) is 0 Å². The fourth-order valence-electron chi connectivity index (χ4n) is 1.44. The van der Waals surface area contributed by atoms with Crippen molar-refractivity contribution in [2.24, 2.45) is 0 Å². The highest BCUT2D eigenvalue weighted by atomic mass is 35.5. The van der Waals surface area contributed by atoms with E-state index in [1.54, 1.807) is 30.3 Å². The molecule has 2 rings (SSSR count). The highest BCUT2D eigenvalue weighted by molar-refractivity contribution is 7.85. The SMILES string of the molecule is O=C([O-])c1ccccc1.O=S(=O)(O)c1ccccc1CCl. The van der Waals surface area contributed by atoms with Gasteiger partial charge in [-0.2, -0.15) is 8.42 Å². The number of carbonyl (C=O) groups is 1. The number of benzene rings is 2. The second-order valence-electron chi connectivity index (χ2n) is 3.87. The van der Waals surface area contributed by atoms with Crippen LogP contribution in [0.2, 0.25) is 0 Å². The van der Waals surface area contributed by atoms with Crippen molar-refractivity contribution in [3.63, 3.8) is 0 Å². The van der Waals surface area contributed by atoms with Crippen LogP contribution in [0.5, 0.6) is 0 Å². The van der Waals surface area contributed by atoms with Crippen molar-refractivity contribution in [2.75, 3.05) is 0 Å². The van der Waals surface area contributed by atoms with Crippen molar-refractivity contribution in [3.8, 4) is 0 Å². The van der Waals surface area contributed by atoms with Crippen molar-refractivity contribution in [1.29, 1.82) is 0 Å². The van der Waals surface area contributed by atoms with E-state index in [4.69, 9.17) is 16.2 Å². The molecular weight excluding hydrogens is 316 g/mol. The first-order valence-corrected chi connectivity index (χ1v) is 7.71. The lowest BCUT2D eigenvalue weighted by atomic mass is 10.2. The summed E-state index contributed by atoms with van der Waals surface area (Å²) in [6.45, 7) is 0. The van der Waals surface area contributed by atoms with Gasteiger partial charge in [0.25, 0.3) is 10.1 Å². The molecule has 0 aliphatic carbocycles. The van der Waals surface area contributed by atoms with E-state index in [0.717, 1.165) is 0 Å². The van der Waals surface area contributed by atoms with Gasteiger partial charge in [-0.3, -0.25) is 4.55 Å². The van der Waals surface area contributed by atoms with Crippen LogP contribution in [0.3, 0.4) is 0 Å². The Bertz CT molecular complexity index is 698. The van der Waals surface area contributed by atoms with Crippen LogP contribution in [0.15, 0.2) is 59.5 Å². The topological polar surface area (TPSA) is 94.5 Å². The highest BCUT2D eigenvalue weighted by Crippen LogP contribution is 2.16. The molecule has 5 nitrogen and oxygen atoms in total. The highest BCUT2D eigenvalue weighted by Gasteiger charge is 2.12. The Morgan fingerprint density at radius 1 is 1.05 bits per heavy atom. The molecule has 2 aromatic rings. The van der Waals surface area contributed by atoms with Gasteiger partial charge in [0.05, 0.1) is 10.9 Å². The van der Waals surface area contributed by atoms with E-state index >= 15 is 0 Å². The molecule has 0 spiro atoms. The molecule has 1 N–H and O–H groups in total. The summed E-state index contributed by atoms with van der Waals surface area (Å²) in [4.78, 5) is 9.96. The third-order valence-corrected chi connectivity index (χ3v) is 3.65. The maximum atomic E-state index is 10.7. The molecule has 112 valence electrons. The van der Waals surface area contributed by atoms with Gasteiger partial charge < -0.3 is 9.90 Å². The molecule has 0 fully saturated rings. The molecule has 0 heterocycles. The van der Waals surface area contributed by atoms with Gasteiger partial charge in [-0.15, -0.1) is 11.6 Å². The van der Waals surface area contributed by atoms with Crippen LogP contribution >= 0.6 is 11.6 Å². The Balaban J connectivity index is 0.000000219. The van der Waals surface area contributed by atoms with E-state index < -0.39 is 16.1 Å². The van der Waals surface area contributed by atoms with Crippen molar-refractivity contribution in [3.05, 3.63) is 65.7 Å². The first kappa shape index (κ1) is 17.2. The Morgan fingerprint density at radius 2 is 1.57 bits per heavy atom. The normalized spacial score (nSPS) is 10.4. The number of carboxylic acid groups (broad SMARTS) is 1. The van der Waals surface area contributed by atoms with E-state index in [-0.39, 0.29) is 16.3 Å². The second-order valence-corrected chi connectivity index (χ2v) is 5.53. The van der Waals surface area contributed by atoms with E-state index in [1.165, 1.54) is 24.3 Å². The second kappa shape index (κ2) is 7.78. The van der Waals surface area contributed by atoms with Gasteiger partial charge in [-0.1, -0.05) is 48.5 Å². The Morgan fingerprint density at radius 3 is 1.95 bits per heavy atom. The first-order chi connectivity index (χ1) is 9.86. The standard InChI is InChI=1S/C7H7ClO3S.C7H6O2/c8-5-6-3-1-2-4-7(6)12(9,10)11;8-7(9)6-4-2-1-3-5-6/h1-4H,5H2,(H,9,10,11);1-5H,(H,8,9)/p-1. The van der Waals surface area contributed by atoms with Gasteiger partial charge >= 0.3 is 0 Å². The number of alkyl halides is 1. The summed E-state index contributed by atoms with van der Waals surface area (Å²) in [5.74, 6) is -1.06. The molecule has 7 heteroatoms. The molecule has 0 aromatic heterocycles. The summed E-state index contributed by atoms with van der Waals surface area (Å²) in [5, 5.41) is 10.1. The first-order valence-electron chi connectivity index (χ1n) is 5.74.